The number of hydrogen-bond donors (Lipinski definition) is 1. The molecule has 1 aliphatic rings. The number of carbonyl (C=O) groups is 2. The second-order valence-electron chi connectivity index (χ2n) is 12.2. The highest BCUT2D eigenvalue weighted by molar-refractivity contribution is 5.99. The molecule has 0 amide bonds. The third-order valence-electron chi connectivity index (χ3n) is 8.04. The number of rotatable bonds is 8. The fourth-order valence-electron chi connectivity index (χ4n) is 5.84. The number of aliphatic carboxylic acids is 1. The molecule has 49 heavy (non-hydrogen) atoms. The Morgan fingerprint density at radius 3 is 2.20 bits per heavy atom. The van der Waals surface area contributed by atoms with Crippen molar-refractivity contribution in [3.8, 4) is 28.8 Å². The number of hydrogen-bond acceptors (Lipinski definition) is 6. The molecule has 5 rings (SSSR count). The lowest BCUT2D eigenvalue weighted by Crippen LogP contribution is -2.22. The van der Waals surface area contributed by atoms with Gasteiger partial charge in [-0.05, 0) is 75.5 Å². The van der Waals surface area contributed by atoms with Gasteiger partial charge in [-0.25, -0.2) is 9.36 Å². The quantitative estimate of drug-likeness (QED) is 0.196. The molecule has 0 aliphatic heterocycles. The number of carboxylic acid groups (broad SMARTS) is 1. The molecular weight excluding hydrogens is 637 g/mol. The summed E-state index contributed by atoms with van der Waals surface area (Å²) in [5.74, 6) is -0.224. The molecule has 0 bridgehead atoms. The van der Waals surface area contributed by atoms with Crippen molar-refractivity contribution in [2.45, 2.75) is 65.0 Å². The van der Waals surface area contributed by atoms with Crippen LogP contribution in [0.2, 0.25) is 0 Å². The van der Waals surface area contributed by atoms with E-state index < -0.39 is 29.1 Å². The maximum atomic E-state index is 13.2. The average Bonchev–Trinajstić information content (AvgIpc) is 3.63. The highest BCUT2D eigenvalue weighted by atomic mass is 19.4. The van der Waals surface area contributed by atoms with Crippen LogP contribution >= 0.6 is 0 Å². The molecule has 0 radical (unpaired) electrons. The topological polar surface area (TPSA) is 126 Å². The first-order chi connectivity index (χ1) is 23.2. The number of Topliss-reactive ketones (excluding diaryl/α,β-unsaturated/α-hetero) is 1. The van der Waals surface area contributed by atoms with Crippen LogP contribution in [-0.2, 0) is 18.0 Å². The molecule has 1 fully saturated rings. The summed E-state index contributed by atoms with van der Waals surface area (Å²) >= 11 is 0. The van der Waals surface area contributed by atoms with Crippen LogP contribution in [-0.4, -0.2) is 61.5 Å². The predicted molar refractivity (Wildman–Crippen MR) is 181 cm³/mol. The number of aromatic nitrogens is 4. The van der Waals surface area contributed by atoms with Crippen LogP contribution in [0.5, 0.6) is 0 Å². The van der Waals surface area contributed by atoms with Gasteiger partial charge in [-0.3, -0.25) is 24.0 Å². The lowest BCUT2D eigenvalue weighted by molar-refractivity contribution is -0.138. The van der Waals surface area contributed by atoms with E-state index in [2.05, 4.69) is 12.0 Å². The third-order valence-corrected chi connectivity index (χ3v) is 8.04. The molecule has 2 aromatic carbocycles. The number of ketones is 1. The first-order valence-electron chi connectivity index (χ1n) is 16.1. The summed E-state index contributed by atoms with van der Waals surface area (Å²) in [4.78, 5) is 37.0. The highest BCUT2D eigenvalue weighted by Gasteiger charge is 2.32. The molecule has 4 aromatic rings. The van der Waals surface area contributed by atoms with Gasteiger partial charge in [0.2, 0.25) is 0 Å². The van der Waals surface area contributed by atoms with Crippen molar-refractivity contribution in [1.29, 1.82) is 5.26 Å². The minimum absolute atomic E-state index is 0.0319. The average molecular weight is 681 g/mol. The Hall–Kier alpha value is -4.96. The zero-order chi connectivity index (χ0) is 36.3. The maximum Gasteiger partial charge on any atom is 0.416 e. The number of carbonyl (C=O) groups excluding carboxylic acids is 1. The van der Waals surface area contributed by atoms with Crippen molar-refractivity contribution in [2.75, 3.05) is 20.6 Å². The van der Waals surface area contributed by atoms with Crippen molar-refractivity contribution >= 4 is 11.8 Å². The fraction of sp³-hybridized carbons (Fsp3) is 0.417. The Labute approximate surface area is 284 Å². The zero-order valence-electron chi connectivity index (χ0n) is 28.5. The Bertz CT molecular complexity index is 1800. The van der Waals surface area contributed by atoms with E-state index in [0.29, 0.717) is 16.9 Å². The molecule has 2 heterocycles. The van der Waals surface area contributed by atoms with Crippen molar-refractivity contribution in [3.63, 3.8) is 0 Å². The summed E-state index contributed by atoms with van der Waals surface area (Å²) in [6.07, 6.45) is 7.32. The molecule has 0 unspecified atom stereocenters. The summed E-state index contributed by atoms with van der Waals surface area (Å²) in [6, 6.07) is 14.4. The summed E-state index contributed by atoms with van der Waals surface area (Å²) in [6.45, 7) is 3.63. The third kappa shape index (κ3) is 10.3. The number of benzene rings is 2. The molecule has 0 atom stereocenters. The molecule has 0 saturated heterocycles. The first kappa shape index (κ1) is 38.5. The van der Waals surface area contributed by atoms with E-state index in [1.54, 1.807) is 49.3 Å². The van der Waals surface area contributed by atoms with E-state index in [0.717, 1.165) is 22.7 Å². The molecular formula is C36H43F3N6O4. The molecule has 10 nitrogen and oxygen atoms in total. The van der Waals surface area contributed by atoms with Crippen molar-refractivity contribution < 1.29 is 27.9 Å². The largest absolute Gasteiger partial charge is 0.480 e. The second kappa shape index (κ2) is 17.4. The van der Waals surface area contributed by atoms with E-state index in [1.807, 2.05) is 6.07 Å². The van der Waals surface area contributed by atoms with Gasteiger partial charge in [0.1, 0.15) is 5.56 Å². The molecule has 1 aliphatic carbocycles. The van der Waals surface area contributed by atoms with E-state index >= 15 is 0 Å². The molecule has 262 valence electrons. The molecule has 1 N–H and O–H groups in total. The number of likely N-dealkylation sites (N-methyl/N-ethyl adjacent to an activating group) is 1. The van der Waals surface area contributed by atoms with Crippen LogP contribution in [0.1, 0.15) is 80.3 Å². The lowest BCUT2D eigenvalue weighted by atomic mass is 9.86. The molecule has 13 heteroatoms. The minimum atomic E-state index is -4.59. The number of carboxylic acids is 1. The van der Waals surface area contributed by atoms with Gasteiger partial charge in [-0.1, -0.05) is 57.9 Å². The highest BCUT2D eigenvalue weighted by Crippen LogP contribution is 2.31. The Balaban J connectivity index is 0.000000334. The van der Waals surface area contributed by atoms with Gasteiger partial charge in [0.05, 0.1) is 52.7 Å². The van der Waals surface area contributed by atoms with E-state index in [1.165, 1.54) is 86.6 Å². The van der Waals surface area contributed by atoms with Gasteiger partial charge < -0.3 is 5.11 Å². The summed E-state index contributed by atoms with van der Waals surface area (Å²) in [5.41, 5.74) is -0.265. The van der Waals surface area contributed by atoms with Crippen molar-refractivity contribution in [2.24, 2.45) is 13.0 Å². The predicted octanol–water partition coefficient (Wildman–Crippen LogP) is 7.12. The lowest BCUT2D eigenvalue weighted by Gasteiger charge is -2.20. The van der Waals surface area contributed by atoms with Gasteiger partial charge in [0, 0.05) is 7.05 Å². The van der Waals surface area contributed by atoms with E-state index in [4.69, 9.17) is 10.4 Å². The van der Waals surface area contributed by atoms with Crippen LogP contribution in [0.15, 0.2) is 65.6 Å². The van der Waals surface area contributed by atoms with Crippen LogP contribution in [0.4, 0.5) is 13.2 Å². The number of halogens is 3. The molecule has 2 aromatic heterocycles. The van der Waals surface area contributed by atoms with E-state index in [-0.39, 0.29) is 23.5 Å². The van der Waals surface area contributed by atoms with Crippen molar-refractivity contribution in [1.82, 2.24) is 24.0 Å². The second-order valence-corrected chi connectivity index (χ2v) is 12.2. The molecule has 0 spiro atoms. The van der Waals surface area contributed by atoms with Crippen LogP contribution < -0.4 is 5.56 Å². The summed E-state index contributed by atoms with van der Waals surface area (Å²) in [5, 5.41) is 21.3. The van der Waals surface area contributed by atoms with Crippen LogP contribution in [0, 0.1) is 17.2 Å². The Morgan fingerprint density at radius 1 is 1.04 bits per heavy atom. The van der Waals surface area contributed by atoms with Crippen LogP contribution in [0.25, 0.3) is 22.8 Å². The number of alkyl halides is 3. The minimum Gasteiger partial charge on any atom is -0.480 e. The first-order valence-corrected chi connectivity index (χ1v) is 16.1. The van der Waals surface area contributed by atoms with Gasteiger partial charge >= 0.3 is 12.1 Å². The van der Waals surface area contributed by atoms with Gasteiger partial charge in [0.25, 0.3) is 5.56 Å². The van der Waals surface area contributed by atoms with Gasteiger partial charge in [-0.15, -0.1) is 0 Å². The number of nitrogens with zero attached hydrogens (tertiary/aromatic N) is 6. The summed E-state index contributed by atoms with van der Waals surface area (Å²) < 4.78 is 43.6. The zero-order valence-corrected chi connectivity index (χ0v) is 28.5. The summed E-state index contributed by atoms with van der Waals surface area (Å²) in [7, 11) is 4.92. The SMILES string of the molecule is CC(=O)c1c(-c2ccnn2-c2ccc(C#N)cc2)n(C)n(-c2cccc(C(F)(F)F)c2)c1=O.CCCC1CCCCC1.CN(C)CC(=O)O. The fourth-order valence-corrected chi connectivity index (χ4v) is 5.84. The number of nitriles is 1. The van der Waals surface area contributed by atoms with E-state index in [9.17, 15) is 27.6 Å². The standard InChI is InChI=1S/C23H16F3N5O2.C9H18.C4H9NO2/c1-14(32)20-21(19-10-11-28-30(19)17-8-6-15(13-27)7-9-17)29(2)31(22(20)33)18-5-3-4-16(12-18)23(24,25)26;1-2-6-9-7-4-3-5-8-9;1-5(2)3-4(6)7/h3-12H,1-2H3;9H,2-8H2,1H3;3H2,1-2H3,(H,6,7). The smallest absolute Gasteiger partial charge is 0.416 e. The van der Waals surface area contributed by atoms with Gasteiger partial charge in [0.15, 0.2) is 5.78 Å². The maximum absolute atomic E-state index is 13.2. The molecule has 1 saturated carbocycles. The Kier molecular flexibility index (Phi) is 13.7. The Morgan fingerprint density at radius 2 is 1.69 bits per heavy atom. The monoisotopic (exact) mass is 680 g/mol. The normalized spacial score (nSPS) is 13.1. The van der Waals surface area contributed by atoms with Crippen molar-refractivity contribution in [3.05, 3.63) is 87.8 Å². The van der Waals surface area contributed by atoms with Gasteiger partial charge in [-0.2, -0.15) is 23.5 Å². The van der Waals surface area contributed by atoms with Crippen LogP contribution in [0.3, 0.4) is 0 Å².